The van der Waals surface area contributed by atoms with Crippen molar-refractivity contribution in [2.24, 2.45) is 5.41 Å². The van der Waals surface area contributed by atoms with E-state index in [-0.39, 0.29) is 0 Å². The van der Waals surface area contributed by atoms with Crippen molar-refractivity contribution in [1.29, 1.82) is 0 Å². The van der Waals surface area contributed by atoms with E-state index in [1.54, 1.807) is 0 Å². The van der Waals surface area contributed by atoms with Crippen LogP contribution in [0.25, 0.3) is 5.57 Å². The van der Waals surface area contributed by atoms with E-state index in [9.17, 15) is 0 Å². The van der Waals surface area contributed by atoms with Gasteiger partial charge in [0, 0.05) is 4.48 Å². The number of benzene rings is 1. The Labute approximate surface area is 240 Å². The second-order valence-corrected chi connectivity index (χ2v) is 12.9. The lowest BCUT2D eigenvalue weighted by Crippen LogP contribution is -2.21. The molecule has 0 atom stereocenters. The molecule has 0 nitrogen and oxygen atoms in total. The van der Waals surface area contributed by atoms with Gasteiger partial charge >= 0.3 is 0 Å². The van der Waals surface area contributed by atoms with E-state index in [4.69, 9.17) is 0 Å². The summed E-state index contributed by atoms with van der Waals surface area (Å²) in [7, 11) is 0. The second-order valence-electron chi connectivity index (χ2n) is 11.9. The van der Waals surface area contributed by atoms with Gasteiger partial charge in [-0.1, -0.05) is 201 Å². The van der Waals surface area contributed by atoms with Crippen LogP contribution < -0.4 is 0 Å². The fourth-order valence-electron chi connectivity index (χ4n) is 6.08. The summed E-state index contributed by atoms with van der Waals surface area (Å²) in [6.07, 6.45) is 37.4. The predicted octanol–water partition coefficient (Wildman–Crippen LogP) is 13.4. The molecule has 0 amide bonds. The normalized spacial score (nSPS) is 15.0. The summed E-state index contributed by atoms with van der Waals surface area (Å²) in [6, 6.07) is 10.9. The molecule has 0 unspecified atom stereocenters. The Hall–Kier alpha value is -0.820. The molecule has 0 aliphatic heterocycles. The van der Waals surface area contributed by atoms with Crippen LogP contribution >= 0.6 is 15.9 Å². The van der Waals surface area contributed by atoms with Crippen molar-refractivity contribution in [1.82, 2.24) is 0 Å². The van der Waals surface area contributed by atoms with Crippen LogP contribution in [0.4, 0.5) is 0 Å². The maximum atomic E-state index is 4.03. The minimum Gasteiger partial charge on any atom is -0.0773 e. The summed E-state index contributed by atoms with van der Waals surface area (Å²) in [5.74, 6) is 0. The van der Waals surface area contributed by atoms with Gasteiger partial charge in [0.05, 0.1) is 0 Å². The number of rotatable bonds is 23. The molecule has 0 bridgehead atoms. The zero-order chi connectivity index (χ0) is 26.4. The summed E-state index contributed by atoms with van der Waals surface area (Å²) < 4.78 is 1.42. The molecule has 0 saturated carbocycles. The zero-order valence-electron chi connectivity index (χ0n) is 24.7. The standard InChI is InChI=1S/C36H59Br/c1-3-5-7-9-11-13-15-17-19-24-29-36(30-25-20-18-16-14-12-10-8-6-4-2)31-28-34(35(37)32-36)33-26-22-21-23-27-33/h21-23,26-28,31H,3-20,24-25,29-30,32H2,1-2H3. The van der Waals surface area contributed by atoms with Crippen molar-refractivity contribution in [3.05, 3.63) is 52.5 Å². The molecule has 0 saturated heterocycles. The first kappa shape index (κ1) is 32.4. The molecule has 0 radical (unpaired) electrons. The molecule has 210 valence electrons. The maximum Gasteiger partial charge on any atom is 0.00375 e. The first-order valence-electron chi connectivity index (χ1n) is 16.3. The third-order valence-electron chi connectivity index (χ3n) is 8.54. The summed E-state index contributed by atoms with van der Waals surface area (Å²) >= 11 is 4.03. The largest absolute Gasteiger partial charge is 0.0773 e. The Morgan fingerprint density at radius 2 is 0.973 bits per heavy atom. The van der Waals surface area contributed by atoms with Crippen molar-refractivity contribution >= 4 is 21.5 Å². The molecule has 0 spiro atoms. The topological polar surface area (TPSA) is 0 Å². The minimum atomic E-state index is 0.359. The molecule has 0 N–H and O–H groups in total. The molecule has 1 aromatic carbocycles. The number of allylic oxidation sites excluding steroid dienone is 4. The van der Waals surface area contributed by atoms with E-state index < -0.39 is 0 Å². The Balaban J connectivity index is 1.76. The highest BCUT2D eigenvalue weighted by Gasteiger charge is 2.30. The molecule has 1 aliphatic carbocycles. The van der Waals surface area contributed by atoms with Gasteiger partial charge in [-0.15, -0.1) is 0 Å². The second kappa shape index (κ2) is 21.1. The van der Waals surface area contributed by atoms with Gasteiger partial charge < -0.3 is 0 Å². The lowest BCUT2D eigenvalue weighted by atomic mass is 9.72. The van der Waals surface area contributed by atoms with E-state index in [1.807, 2.05) is 0 Å². The number of halogens is 1. The molecule has 1 aromatic rings. The van der Waals surface area contributed by atoms with Gasteiger partial charge in [-0.25, -0.2) is 0 Å². The van der Waals surface area contributed by atoms with Crippen LogP contribution in [0, 0.1) is 5.41 Å². The van der Waals surface area contributed by atoms with Crippen LogP contribution in [0.3, 0.4) is 0 Å². The first-order valence-corrected chi connectivity index (χ1v) is 17.1. The van der Waals surface area contributed by atoms with Crippen LogP contribution in [-0.2, 0) is 0 Å². The summed E-state index contributed by atoms with van der Waals surface area (Å²) in [5, 5.41) is 0. The summed E-state index contributed by atoms with van der Waals surface area (Å²) in [6.45, 7) is 4.61. The molecule has 0 fully saturated rings. The van der Waals surface area contributed by atoms with E-state index in [0.717, 1.165) is 0 Å². The Morgan fingerprint density at radius 3 is 1.38 bits per heavy atom. The minimum absolute atomic E-state index is 0.359. The highest BCUT2D eigenvalue weighted by atomic mass is 79.9. The molecular formula is C36H59Br. The van der Waals surface area contributed by atoms with Gasteiger partial charge in [-0.3, -0.25) is 0 Å². The Kier molecular flexibility index (Phi) is 18.4. The lowest BCUT2D eigenvalue weighted by molar-refractivity contribution is 0.295. The third kappa shape index (κ3) is 14.2. The zero-order valence-corrected chi connectivity index (χ0v) is 26.3. The summed E-state index contributed by atoms with van der Waals surface area (Å²) in [4.78, 5) is 0. The Morgan fingerprint density at radius 1 is 0.568 bits per heavy atom. The number of hydrogen-bond donors (Lipinski definition) is 0. The van der Waals surface area contributed by atoms with Gasteiger partial charge in [-0.05, 0) is 35.8 Å². The molecule has 1 aliphatic rings. The molecule has 0 heterocycles. The van der Waals surface area contributed by atoms with Crippen molar-refractivity contribution in [3.63, 3.8) is 0 Å². The van der Waals surface area contributed by atoms with E-state index >= 15 is 0 Å². The number of unbranched alkanes of at least 4 members (excludes halogenated alkanes) is 18. The van der Waals surface area contributed by atoms with E-state index in [2.05, 4.69) is 72.3 Å². The quantitative estimate of drug-likeness (QED) is 0.115. The van der Waals surface area contributed by atoms with Gasteiger partial charge in [0.1, 0.15) is 0 Å². The van der Waals surface area contributed by atoms with E-state index in [1.165, 1.54) is 163 Å². The smallest absolute Gasteiger partial charge is 0.00375 e. The van der Waals surface area contributed by atoms with Gasteiger partial charge in [0.15, 0.2) is 0 Å². The van der Waals surface area contributed by atoms with Crippen LogP contribution in [0.1, 0.15) is 167 Å². The highest BCUT2D eigenvalue weighted by Crippen LogP contribution is 2.46. The van der Waals surface area contributed by atoms with Crippen LogP contribution in [0.5, 0.6) is 0 Å². The average molecular weight is 572 g/mol. The molecular weight excluding hydrogens is 512 g/mol. The predicted molar refractivity (Wildman–Crippen MR) is 171 cm³/mol. The SMILES string of the molecule is CCCCCCCCCCCCC1(CCCCCCCCCCCC)C=CC(c2ccccc2)=C(Br)C1. The molecule has 0 aromatic heterocycles. The molecule has 1 heteroatoms. The van der Waals surface area contributed by atoms with Gasteiger partial charge in [0.2, 0.25) is 0 Å². The Bertz CT molecular complexity index is 704. The van der Waals surface area contributed by atoms with E-state index in [0.29, 0.717) is 5.41 Å². The molecule has 37 heavy (non-hydrogen) atoms. The van der Waals surface area contributed by atoms with Crippen molar-refractivity contribution in [2.75, 3.05) is 0 Å². The number of hydrogen-bond acceptors (Lipinski definition) is 0. The fourth-order valence-corrected chi connectivity index (χ4v) is 7.00. The monoisotopic (exact) mass is 570 g/mol. The maximum absolute atomic E-state index is 4.03. The van der Waals surface area contributed by atoms with Crippen molar-refractivity contribution in [3.8, 4) is 0 Å². The average Bonchev–Trinajstić information content (AvgIpc) is 2.91. The summed E-state index contributed by atoms with van der Waals surface area (Å²) in [5.41, 5.74) is 3.09. The van der Waals surface area contributed by atoms with Crippen LogP contribution in [0.15, 0.2) is 47.0 Å². The molecule has 2 rings (SSSR count). The highest BCUT2D eigenvalue weighted by molar-refractivity contribution is 9.11. The first-order chi connectivity index (χ1) is 18.2. The van der Waals surface area contributed by atoms with Crippen molar-refractivity contribution < 1.29 is 0 Å². The lowest BCUT2D eigenvalue weighted by Gasteiger charge is -2.35. The van der Waals surface area contributed by atoms with Crippen molar-refractivity contribution in [2.45, 2.75) is 162 Å². The van der Waals surface area contributed by atoms with Crippen LogP contribution in [0.2, 0.25) is 0 Å². The fraction of sp³-hybridized carbons (Fsp3) is 0.722. The van der Waals surface area contributed by atoms with Crippen LogP contribution in [-0.4, -0.2) is 0 Å². The third-order valence-corrected chi connectivity index (χ3v) is 9.25. The van der Waals surface area contributed by atoms with Gasteiger partial charge in [-0.2, -0.15) is 0 Å². The van der Waals surface area contributed by atoms with Gasteiger partial charge in [0.25, 0.3) is 0 Å².